The third-order valence-electron chi connectivity index (χ3n) is 3.45. The quantitative estimate of drug-likeness (QED) is 0.885. The Hall–Kier alpha value is -1.75. The molecule has 0 aliphatic heterocycles. The lowest BCUT2D eigenvalue weighted by Crippen LogP contribution is -2.41. The Kier molecular flexibility index (Phi) is 5.07. The largest absolute Gasteiger partial charge is 0.339 e. The molecule has 0 saturated carbocycles. The zero-order chi connectivity index (χ0) is 15.3. The average molecular weight is 288 g/mol. The number of pyridine rings is 1. The van der Waals surface area contributed by atoms with Gasteiger partial charge in [-0.15, -0.1) is 0 Å². The van der Waals surface area contributed by atoms with Crippen LogP contribution < -0.4 is 5.32 Å². The summed E-state index contributed by atoms with van der Waals surface area (Å²) in [5.74, 6) is 1.37. The molecule has 2 rings (SSSR count). The van der Waals surface area contributed by atoms with Crippen LogP contribution in [-0.2, 0) is 12.8 Å². The minimum Gasteiger partial charge on any atom is -0.339 e. The number of hydrogen-bond donors (Lipinski definition) is 1. The minimum atomic E-state index is 0.144. The summed E-state index contributed by atoms with van der Waals surface area (Å²) in [6.45, 7) is 9.68. The van der Waals surface area contributed by atoms with Crippen molar-refractivity contribution in [1.82, 2.24) is 20.4 Å². The summed E-state index contributed by atoms with van der Waals surface area (Å²) in [5.41, 5.74) is 1.09. The Bertz CT molecular complexity index is 545. The molecule has 0 amide bonds. The number of rotatable bonds is 6. The van der Waals surface area contributed by atoms with E-state index in [-0.39, 0.29) is 5.41 Å². The SMILES string of the molecule is CCNC(Cc1nc(Cc2ccccn2)no1)C(C)(C)C. The van der Waals surface area contributed by atoms with Crippen molar-refractivity contribution in [3.63, 3.8) is 0 Å². The van der Waals surface area contributed by atoms with Crippen molar-refractivity contribution >= 4 is 0 Å². The predicted octanol–water partition coefficient (Wildman–Crippen LogP) is 2.62. The molecule has 0 bridgehead atoms. The topological polar surface area (TPSA) is 63.8 Å². The Morgan fingerprint density at radius 2 is 2.10 bits per heavy atom. The first-order chi connectivity index (χ1) is 9.99. The highest BCUT2D eigenvalue weighted by Gasteiger charge is 2.26. The van der Waals surface area contributed by atoms with E-state index in [0.29, 0.717) is 24.2 Å². The van der Waals surface area contributed by atoms with Gasteiger partial charge in [0.25, 0.3) is 0 Å². The smallest absolute Gasteiger partial charge is 0.228 e. The molecule has 0 aromatic carbocycles. The molecule has 1 unspecified atom stereocenters. The van der Waals surface area contributed by atoms with Crippen molar-refractivity contribution in [1.29, 1.82) is 0 Å². The predicted molar refractivity (Wildman–Crippen MR) is 82.0 cm³/mol. The van der Waals surface area contributed by atoms with E-state index in [1.54, 1.807) is 6.20 Å². The van der Waals surface area contributed by atoms with Gasteiger partial charge < -0.3 is 9.84 Å². The summed E-state index contributed by atoms with van der Waals surface area (Å²) in [7, 11) is 0. The molecular weight excluding hydrogens is 264 g/mol. The summed E-state index contributed by atoms with van der Waals surface area (Å²) in [5, 5.41) is 7.54. The van der Waals surface area contributed by atoms with Gasteiger partial charge in [-0.25, -0.2) is 0 Å². The molecule has 114 valence electrons. The van der Waals surface area contributed by atoms with E-state index in [1.165, 1.54) is 0 Å². The summed E-state index contributed by atoms with van der Waals surface area (Å²) in [6.07, 6.45) is 3.12. The van der Waals surface area contributed by atoms with Crippen LogP contribution in [0.4, 0.5) is 0 Å². The normalized spacial score (nSPS) is 13.3. The van der Waals surface area contributed by atoms with Gasteiger partial charge in [-0.2, -0.15) is 4.98 Å². The van der Waals surface area contributed by atoms with Crippen molar-refractivity contribution in [2.24, 2.45) is 5.41 Å². The molecule has 0 fully saturated rings. The second-order valence-corrected chi connectivity index (χ2v) is 6.28. The van der Waals surface area contributed by atoms with E-state index in [2.05, 4.69) is 48.1 Å². The van der Waals surface area contributed by atoms with Crippen LogP contribution in [0.3, 0.4) is 0 Å². The fourth-order valence-electron chi connectivity index (χ4n) is 2.22. The number of hydrogen-bond acceptors (Lipinski definition) is 5. The van der Waals surface area contributed by atoms with Crippen LogP contribution in [0.25, 0.3) is 0 Å². The minimum absolute atomic E-state index is 0.144. The Balaban J connectivity index is 2.02. The van der Waals surface area contributed by atoms with Gasteiger partial charge >= 0.3 is 0 Å². The van der Waals surface area contributed by atoms with E-state index in [0.717, 1.165) is 18.7 Å². The molecule has 0 radical (unpaired) electrons. The van der Waals surface area contributed by atoms with E-state index >= 15 is 0 Å². The van der Waals surface area contributed by atoms with Crippen molar-refractivity contribution in [2.45, 2.75) is 46.6 Å². The lowest BCUT2D eigenvalue weighted by atomic mass is 9.84. The van der Waals surface area contributed by atoms with Crippen molar-refractivity contribution < 1.29 is 4.52 Å². The molecule has 2 aromatic heterocycles. The molecule has 1 N–H and O–H groups in total. The maximum atomic E-state index is 5.38. The summed E-state index contributed by atoms with van der Waals surface area (Å²) < 4.78 is 5.38. The third-order valence-corrected chi connectivity index (χ3v) is 3.45. The average Bonchev–Trinajstić information content (AvgIpc) is 2.86. The zero-order valence-corrected chi connectivity index (χ0v) is 13.3. The first kappa shape index (κ1) is 15.6. The summed E-state index contributed by atoms with van der Waals surface area (Å²) in [6, 6.07) is 6.14. The first-order valence-corrected chi connectivity index (χ1v) is 7.43. The van der Waals surface area contributed by atoms with Crippen molar-refractivity contribution in [3.8, 4) is 0 Å². The molecular formula is C16H24N4O. The highest BCUT2D eigenvalue weighted by Crippen LogP contribution is 2.22. The molecule has 5 nitrogen and oxygen atoms in total. The number of nitrogens with one attached hydrogen (secondary N) is 1. The monoisotopic (exact) mass is 288 g/mol. The molecule has 1 atom stereocenters. The fourth-order valence-corrected chi connectivity index (χ4v) is 2.22. The maximum absolute atomic E-state index is 5.38. The van der Waals surface area contributed by atoms with E-state index in [4.69, 9.17) is 4.52 Å². The zero-order valence-electron chi connectivity index (χ0n) is 13.3. The Morgan fingerprint density at radius 1 is 1.29 bits per heavy atom. The van der Waals surface area contributed by atoms with Gasteiger partial charge in [0.05, 0.1) is 6.42 Å². The van der Waals surface area contributed by atoms with Crippen molar-refractivity contribution in [3.05, 3.63) is 41.8 Å². The highest BCUT2D eigenvalue weighted by molar-refractivity contribution is 5.09. The van der Waals surface area contributed by atoms with Crippen LogP contribution >= 0.6 is 0 Å². The first-order valence-electron chi connectivity index (χ1n) is 7.43. The number of aromatic nitrogens is 3. The van der Waals surface area contributed by atoms with Gasteiger partial charge in [0.2, 0.25) is 5.89 Å². The summed E-state index contributed by atoms with van der Waals surface area (Å²) >= 11 is 0. The third kappa shape index (κ3) is 4.63. The van der Waals surface area contributed by atoms with E-state index in [9.17, 15) is 0 Å². The lowest BCUT2D eigenvalue weighted by Gasteiger charge is -2.30. The number of likely N-dealkylation sites (N-methyl/N-ethyl adjacent to an activating group) is 1. The molecule has 2 heterocycles. The molecule has 0 spiro atoms. The van der Waals surface area contributed by atoms with Gasteiger partial charge in [-0.05, 0) is 24.1 Å². The van der Waals surface area contributed by atoms with Gasteiger partial charge in [-0.3, -0.25) is 4.98 Å². The van der Waals surface area contributed by atoms with Crippen LogP contribution in [0.5, 0.6) is 0 Å². The van der Waals surface area contributed by atoms with Gasteiger partial charge in [0.15, 0.2) is 5.82 Å². The van der Waals surface area contributed by atoms with Crippen LogP contribution in [0, 0.1) is 5.41 Å². The second kappa shape index (κ2) is 6.80. The van der Waals surface area contributed by atoms with Crippen LogP contribution in [-0.4, -0.2) is 27.7 Å². The van der Waals surface area contributed by atoms with Crippen LogP contribution in [0.15, 0.2) is 28.9 Å². The molecule has 0 aliphatic rings. The fraction of sp³-hybridized carbons (Fsp3) is 0.562. The van der Waals surface area contributed by atoms with Gasteiger partial charge in [0.1, 0.15) is 0 Å². The van der Waals surface area contributed by atoms with Gasteiger partial charge in [0, 0.05) is 24.4 Å². The lowest BCUT2D eigenvalue weighted by molar-refractivity contribution is 0.247. The highest BCUT2D eigenvalue weighted by atomic mass is 16.5. The molecule has 5 heteroatoms. The molecule has 0 aliphatic carbocycles. The summed E-state index contributed by atoms with van der Waals surface area (Å²) in [4.78, 5) is 8.76. The molecule has 2 aromatic rings. The molecule has 0 saturated heterocycles. The molecule has 21 heavy (non-hydrogen) atoms. The van der Waals surface area contributed by atoms with E-state index < -0.39 is 0 Å². The Labute approximate surface area is 126 Å². The van der Waals surface area contributed by atoms with Crippen molar-refractivity contribution in [2.75, 3.05) is 6.54 Å². The number of nitrogens with zero attached hydrogens (tertiary/aromatic N) is 3. The van der Waals surface area contributed by atoms with E-state index in [1.807, 2.05) is 18.2 Å². The van der Waals surface area contributed by atoms with Crippen LogP contribution in [0.2, 0.25) is 0 Å². The van der Waals surface area contributed by atoms with Crippen LogP contribution in [0.1, 0.15) is 45.1 Å². The van der Waals surface area contributed by atoms with Gasteiger partial charge in [-0.1, -0.05) is 38.9 Å². The standard InChI is InChI=1S/C16H24N4O/c1-5-17-13(16(2,3)4)11-15-19-14(20-21-15)10-12-8-6-7-9-18-12/h6-9,13,17H,5,10-11H2,1-4H3. The second-order valence-electron chi connectivity index (χ2n) is 6.28. The Morgan fingerprint density at radius 3 is 2.71 bits per heavy atom. The maximum Gasteiger partial charge on any atom is 0.228 e.